The Hall–Kier alpha value is -3.06. The number of ether oxygens (including phenoxy) is 2. The summed E-state index contributed by atoms with van der Waals surface area (Å²) in [5.41, 5.74) is 0.969. The number of methoxy groups -OCH3 is 2. The summed E-state index contributed by atoms with van der Waals surface area (Å²) < 4.78 is 10.3. The second-order valence-electron chi connectivity index (χ2n) is 5.78. The van der Waals surface area contributed by atoms with Gasteiger partial charge < -0.3 is 14.8 Å². The summed E-state index contributed by atoms with van der Waals surface area (Å²) in [6, 6.07) is 9.34. The maximum Gasteiger partial charge on any atom is 0.261 e. The predicted molar refractivity (Wildman–Crippen MR) is 98.7 cm³/mol. The van der Waals surface area contributed by atoms with E-state index in [-0.39, 0.29) is 24.6 Å². The number of nitrogens with one attached hydrogen (secondary N) is 1. The number of benzene rings is 2. The van der Waals surface area contributed by atoms with Gasteiger partial charge in [0.05, 0.1) is 25.3 Å². The van der Waals surface area contributed by atoms with Crippen LogP contribution in [0.15, 0.2) is 36.4 Å². The molecule has 0 spiro atoms. The third kappa shape index (κ3) is 3.59. The number of imide groups is 1. The van der Waals surface area contributed by atoms with Gasteiger partial charge in [0.15, 0.2) is 11.5 Å². The summed E-state index contributed by atoms with van der Waals surface area (Å²) >= 11 is 5.89. The number of carbonyl (C=O) groups is 3. The largest absolute Gasteiger partial charge is 0.493 e. The van der Waals surface area contributed by atoms with Crippen LogP contribution in [-0.2, 0) is 0 Å². The summed E-state index contributed by atoms with van der Waals surface area (Å²) in [5, 5.41) is 3.07. The lowest BCUT2D eigenvalue weighted by Gasteiger charge is -2.14. The summed E-state index contributed by atoms with van der Waals surface area (Å²) in [7, 11) is 2.99. The SMILES string of the molecule is COc1ccc(C(=O)NCCN2C(=O)c3ccc(Cl)cc3C2=O)cc1OC. The Bertz CT molecular complexity index is 928. The summed E-state index contributed by atoms with van der Waals surface area (Å²) in [6.45, 7) is 0.176. The van der Waals surface area contributed by atoms with E-state index in [1.54, 1.807) is 24.3 Å². The van der Waals surface area contributed by atoms with E-state index in [1.165, 1.54) is 26.4 Å². The number of carbonyl (C=O) groups excluding carboxylic acids is 3. The van der Waals surface area contributed by atoms with Gasteiger partial charge in [0.2, 0.25) is 0 Å². The fourth-order valence-corrected chi connectivity index (χ4v) is 3.00. The third-order valence-corrected chi connectivity index (χ3v) is 4.43. The Morgan fingerprint density at radius 2 is 1.70 bits per heavy atom. The highest BCUT2D eigenvalue weighted by Crippen LogP contribution is 2.28. The normalized spacial score (nSPS) is 12.8. The molecule has 27 heavy (non-hydrogen) atoms. The average Bonchev–Trinajstić information content (AvgIpc) is 2.91. The molecule has 0 fully saturated rings. The molecule has 2 aromatic carbocycles. The van der Waals surface area contributed by atoms with E-state index in [2.05, 4.69) is 5.32 Å². The number of hydrogen-bond donors (Lipinski definition) is 1. The van der Waals surface area contributed by atoms with Gasteiger partial charge in [0.25, 0.3) is 17.7 Å². The molecule has 1 aliphatic heterocycles. The van der Waals surface area contributed by atoms with E-state index >= 15 is 0 Å². The molecule has 0 radical (unpaired) electrons. The highest BCUT2D eigenvalue weighted by atomic mass is 35.5. The number of hydrogen-bond acceptors (Lipinski definition) is 5. The van der Waals surface area contributed by atoms with Crippen LogP contribution in [0.3, 0.4) is 0 Å². The van der Waals surface area contributed by atoms with Gasteiger partial charge in [-0.05, 0) is 36.4 Å². The van der Waals surface area contributed by atoms with Crippen molar-refractivity contribution in [2.45, 2.75) is 0 Å². The quantitative estimate of drug-likeness (QED) is 0.768. The van der Waals surface area contributed by atoms with E-state index in [4.69, 9.17) is 21.1 Å². The summed E-state index contributed by atoms with van der Waals surface area (Å²) in [4.78, 5) is 38.1. The monoisotopic (exact) mass is 388 g/mol. The predicted octanol–water partition coefficient (Wildman–Crippen LogP) is 2.38. The second-order valence-corrected chi connectivity index (χ2v) is 6.21. The van der Waals surface area contributed by atoms with Gasteiger partial charge in [-0.15, -0.1) is 0 Å². The molecular formula is C19H17ClN2O5. The first kappa shape index (κ1) is 18.7. The third-order valence-electron chi connectivity index (χ3n) is 4.20. The van der Waals surface area contributed by atoms with Crippen molar-refractivity contribution in [3.8, 4) is 11.5 Å². The Labute approximate surface area is 160 Å². The molecule has 0 saturated heterocycles. The fraction of sp³-hybridized carbons (Fsp3) is 0.211. The van der Waals surface area contributed by atoms with Crippen LogP contribution in [0.2, 0.25) is 5.02 Å². The summed E-state index contributed by atoms with van der Waals surface area (Å²) in [6.07, 6.45) is 0. The van der Waals surface area contributed by atoms with Gasteiger partial charge in [0, 0.05) is 23.7 Å². The van der Waals surface area contributed by atoms with Crippen LogP contribution in [0.1, 0.15) is 31.1 Å². The topological polar surface area (TPSA) is 84.9 Å². The smallest absolute Gasteiger partial charge is 0.261 e. The van der Waals surface area contributed by atoms with Crippen molar-refractivity contribution in [1.82, 2.24) is 10.2 Å². The van der Waals surface area contributed by atoms with Crippen LogP contribution in [0.5, 0.6) is 11.5 Å². The van der Waals surface area contributed by atoms with Crippen LogP contribution in [0.25, 0.3) is 0 Å². The van der Waals surface area contributed by atoms with Gasteiger partial charge in [-0.25, -0.2) is 0 Å². The highest BCUT2D eigenvalue weighted by molar-refractivity contribution is 6.32. The number of nitrogens with zero attached hydrogens (tertiary/aromatic N) is 1. The van der Waals surface area contributed by atoms with Crippen molar-refractivity contribution in [2.24, 2.45) is 0 Å². The van der Waals surface area contributed by atoms with Crippen molar-refractivity contribution in [1.29, 1.82) is 0 Å². The minimum Gasteiger partial charge on any atom is -0.493 e. The molecule has 0 aromatic heterocycles. The van der Waals surface area contributed by atoms with Crippen molar-refractivity contribution in [3.05, 3.63) is 58.1 Å². The van der Waals surface area contributed by atoms with Crippen molar-refractivity contribution in [3.63, 3.8) is 0 Å². The van der Waals surface area contributed by atoms with Crippen LogP contribution < -0.4 is 14.8 Å². The lowest BCUT2D eigenvalue weighted by Crippen LogP contribution is -2.38. The minimum absolute atomic E-state index is 0.0585. The molecule has 3 amide bonds. The Morgan fingerprint density at radius 3 is 2.41 bits per heavy atom. The molecule has 8 heteroatoms. The van der Waals surface area contributed by atoms with Crippen molar-refractivity contribution >= 4 is 29.3 Å². The molecule has 0 atom stereocenters. The first-order chi connectivity index (χ1) is 13.0. The molecule has 140 valence electrons. The second kappa shape index (κ2) is 7.67. The molecule has 0 bridgehead atoms. The van der Waals surface area contributed by atoms with Gasteiger partial charge in [-0.1, -0.05) is 11.6 Å². The number of halogens is 1. The maximum absolute atomic E-state index is 12.4. The molecule has 0 saturated carbocycles. The molecular weight excluding hydrogens is 372 g/mol. The first-order valence-corrected chi connectivity index (χ1v) is 8.50. The highest BCUT2D eigenvalue weighted by Gasteiger charge is 2.35. The molecule has 0 aliphatic carbocycles. The molecule has 2 aromatic rings. The van der Waals surface area contributed by atoms with E-state index in [0.29, 0.717) is 27.6 Å². The lowest BCUT2D eigenvalue weighted by molar-refractivity contribution is 0.0650. The Morgan fingerprint density at radius 1 is 1.00 bits per heavy atom. The Kier molecular flexibility index (Phi) is 5.32. The van der Waals surface area contributed by atoms with Crippen molar-refractivity contribution < 1.29 is 23.9 Å². The van der Waals surface area contributed by atoms with Gasteiger partial charge in [-0.3, -0.25) is 19.3 Å². The standard InChI is InChI=1S/C19H17ClN2O5/c1-26-15-6-3-11(9-16(15)27-2)17(23)21-7-8-22-18(24)13-5-4-12(20)10-14(13)19(22)25/h3-6,9-10H,7-8H2,1-2H3,(H,21,23). The van der Waals surface area contributed by atoms with Crippen LogP contribution >= 0.6 is 11.6 Å². The molecule has 1 N–H and O–H groups in total. The van der Waals surface area contributed by atoms with Gasteiger partial charge in [0.1, 0.15) is 0 Å². The molecule has 7 nitrogen and oxygen atoms in total. The fourth-order valence-electron chi connectivity index (χ4n) is 2.83. The van der Waals surface area contributed by atoms with E-state index in [9.17, 15) is 14.4 Å². The zero-order valence-corrected chi connectivity index (χ0v) is 15.5. The van der Waals surface area contributed by atoms with Gasteiger partial charge >= 0.3 is 0 Å². The van der Waals surface area contributed by atoms with Crippen LogP contribution in [0, 0.1) is 0 Å². The van der Waals surface area contributed by atoms with E-state index in [1.807, 2.05) is 0 Å². The lowest BCUT2D eigenvalue weighted by atomic mass is 10.1. The van der Waals surface area contributed by atoms with E-state index in [0.717, 1.165) is 4.90 Å². The molecule has 1 aliphatic rings. The number of fused-ring (bicyclic) bond motifs is 1. The Balaban J connectivity index is 1.63. The van der Waals surface area contributed by atoms with Crippen molar-refractivity contribution in [2.75, 3.05) is 27.3 Å². The van der Waals surface area contributed by atoms with Crippen LogP contribution in [-0.4, -0.2) is 49.9 Å². The maximum atomic E-state index is 12.4. The number of amides is 3. The van der Waals surface area contributed by atoms with Crippen LogP contribution in [0.4, 0.5) is 0 Å². The zero-order chi connectivity index (χ0) is 19.6. The first-order valence-electron chi connectivity index (χ1n) is 8.12. The molecule has 0 unspecified atom stereocenters. The molecule has 1 heterocycles. The summed E-state index contributed by atoms with van der Waals surface area (Å²) in [5.74, 6) is -0.221. The average molecular weight is 389 g/mol. The minimum atomic E-state index is -0.419. The van der Waals surface area contributed by atoms with E-state index < -0.39 is 11.8 Å². The number of rotatable bonds is 6. The zero-order valence-electron chi connectivity index (χ0n) is 14.7. The molecule has 3 rings (SSSR count). The van der Waals surface area contributed by atoms with Gasteiger partial charge in [-0.2, -0.15) is 0 Å².